The van der Waals surface area contributed by atoms with Crippen LogP contribution in [0.25, 0.3) is 5.82 Å². The molecular formula is C21H25F2IN6O2. The van der Waals surface area contributed by atoms with Crippen molar-refractivity contribution in [3.63, 3.8) is 0 Å². The quantitative estimate of drug-likeness (QED) is 0.212. The zero-order chi connectivity index (χ0) is 22.1. The normalized spacial score (nSPS) is 12.2. The van der Waals surface area contributed by atoms with E-state index in [9.17, 15) is 13.9 Å². The summed E-state index contributed by atoms with van der Waals surface area (Å²) in [6.45, 7) is 0.304. The van der Waals surface area contributed by atoms with Crippen LogP contribution < -0.4 is 15.4 Å². The van der Waals surface area contributed by atoms with E-state index < -0.39 is 12.7 Å². The molecule has 0 aliphatic carbocycles. The van der Waals surface area contributed by atoms with E-state index in [1.807, 2.05) is 31.3 Å². The number of alkyl halides is 2. The lowest BCUT2D eigenvalue weighted by molar-refractivity contribution is -0.0498. The SMILES string of the molecule is CCNC(=NCc1ccnc(-n2cccn2)c1)NCC(O)c1ccc(OC(F)F)cc1.I. The predicted octanol–water partition coefficient (Wildman–Crippen LogP) is 3.28. The summed E-state index contributed by atoms with van der Waals surface area (Å²) in [5, 5.41) is 20.8. The number of halogens is 3. The Morgan fingerprint density at radius 3 is 2.62 bits per heavy atom. The van der Waals surface area contributed by atoms with Crippen LogP contribution in [0.15, 0.2) is 66.0 Å². The van der Waals surface area contributed by atoms with E-state index in [0.29, 0.717) is 30.4 Å². The van der Waals surface area contributed by atoms with Gasteiger partial charge in [0.1, 0.15) is 5.75 Å². The van der Waals surface area contributed by atoms with Crippen molar-refractivity contribution in [3.8, 4) is 11.6 Å². The zero-order valence-electron chi connectivity index (χ0n) is 17.4. The van der Waals surface area contributed by atoms with Gasteiger partial charge in [0.05, 0.1) is 12.6 Å². The summed E-state index contributed by atoms with van der Waals surface area (Å²) < 4.78 is 30.5. The number of hydrogen-bond acceptors (Lipinski definition) is 5. The highest BCUT2D eigenvalue weighted by Crippen LogP contribution is 2.19. The van der Waals surface area contributed by atoms with Gasteiger partial charge in [-0.3, -0.25) is 0 Å². The number of aromatic nitrogens is 3. The molecule has 0 bridgehead atoms. The molecular weight excluding hydrogens is 533 g/mol. The van der Waals surface area contributed by atoms with Crippen LogP contribution in [0.3, 0.4) is 0 Å². The Balaban J connectivity index is 0.00000363. The Bertz CT molecular complexity index is 971. The minimum atomic E-state index is -2.88. The molecule has 0 amide bonds. The van der Waals surface area contributed by atoms with Gasteiger partial charge in [0.2, 0.25) is 0 Å². The Labute approximate surface area is 201 Å². The molecule has 2 aromatic heterocycles. The van der Waals surface area contributed by atoms with Crippen molar-refractivity contribution >= 4 is 29.9 Å². The number of ether oxygens (including phenoxy) is 1. The van der Waals surface area contributed by atoms with Gasteiger partial charge in [0, 0.05) is 31.7 Å². The van der Waals surface area contributed by atoms with Crippen LogP contribution in [0, 0.1) is 0 Å². The molecule has 0 fully saturated rings. The third-order valence-electron chi connectivity index (χ3n) is 4.27. The van der Waals surface area contributed by atoms with Crippen LogP contribution in [0.2, 0.25) is 0 Å². The lowest BCUT2D eigenvalue weighted by Crippen LogP contribution is -2.39. The first-order valence-corrected chi connectivity index (χ1v) is 9.75. The van der Waals surface area contributed by atoms with Crippen molar-refractivity contribution in [1.82, 2.24) is 25.4 Å². The zero-order valence-corrected chi connectivity index (χ0v) is 19.7. The summed E-state index contributed by atoms with van der Waals surface area (Å²) in [6.07, 6.45) is 4.35. The van der Waals surface area contributed by atoms with Crippen molar-refractivity contribution < 1.29 is 18.6 Å². The third-order valence-corrected chi connectivity index (χ3v) is 4.27. The third kappa shape index (κ3) is 7.71. The van der Waals surface area contributed by atoms with Gasteiger partial charge in [-0.05, 0) is 48.4 Å². The Morgan fingerprint density at radius 2 is 1.97 bits per heavy atom. The Kier molecular flexibility index (Phi) is 10.3. The standard InChI is InChI=1S/C21H24F2N6O2.HI/c1-2-24-21(26-13-15-8-10-25-19(12-15)29-11-3-9-28-29)27-14-18(30)16-4-6-17(7-5-16)31-20(22)23;/h3-12,18,20,30H,2,13-14H2,1H3,(H2,24,26,27);1H. The molecule has 1 unspecified atom stereocenters. The van der Waals surface area contributed by atoms with Crippen LogP contribution in [0.1, 0.15) is 24.2 Å². The summed E-state index contributed by atoms with van der Waals surface area (Å²) >= 11 is 0. The fourth-order valence-corrected chi connectivity index (χ4v) is 2.78. The number of pyridine rings is 1. The van der Waals surface area contributed by atoms with E-state index in [1.165, 1.54) is 12.1 Å². The fourth-order valence-electron chi connectivity index (χ4n) is 2.78. The topological polar surface area (TPSA) is 96.6 Å². The van der Waals surface area contributed by atoms with Gasteiger partial charge in [0.15, 0.2) is 11.8 Å². The lowest BCUT2D eigenvalue weighted by atomic mass is 10.1. The molecule has 0 aliphatic rings. The van der Waals surface area contributed by atoms with Crippen LogP contribution in [0.4, 0.5) is 8.78 Å². The van der Waals surface area contributed by atoms with Gasteiger partial charge >= 0.3 is 6.61 Å². The molecule has 0 radical (unpaired) electrons. The summed E-state index contributed by atoms with van der Waals surface area (Å²) in [7, 11) is 0. The van der Waals surface area contributed by atoms with Crippen LogP contribution >= 0.6 is 24.0 Å². The van der Waals surface area contributed by atoms with Crippen LogP contribution in [0.5, 0.6) is 5.75 Å². The van der Waals surface area contributed by atoms with Gasteiger partial charge in [-0.1, -0.05) is 12.1 Å². The summed E-state index contributed by atoms with van der Waals surface area (Å²) in [4.78, 5) is 8.84. The number of aliphatic hydroxyl groups excluding tert-OH is 1. The number of hydrogen-bond donors (Lipinski definition) is 3. The van der Waals surface area contributed by atoms with Crippen LogP contribution in [-0.2, 0) is 6.54 Å². The number of rotatable bonds is 9. The van der Waals surface area contributed by atoms with Gasteiger partial charge in [-0.25, -0.2) is 14.7 Å². The van der Waals surface area contributed by atoms with Crippen molar-refractivity contribution in [2.75, 3.05) is 13.1 Å². The molecule has 11 heteroatoms. The maximum Gasteiger partial charge on any atom is 0.387 e. The first-order chi connectivity index (χ1) is 15.0. The van der Waals surface area contributed by atoms with E-state index in [0.717, 1.165) is 5.56 Å². The predicted molar refractivity (Wildman–Crippen MR) is 128 cm³/mol. The average molecular weight is 558 g/mol. The molecule has 2 heterocycles. The van der Waals surface area contributed by atoms with Gasteiger partial charge in [-0.2, -0.15) is 13.9 Å². The van der Waals surface area contributed by atoms with E-state index in [2.05, 4.69) is 30.4 Å². The second-order valence-corrected chi connectivity index (χ2v) is 6.51. The molecule has 8 nitrogen and oxygen atoms in total. The monoisotopic (exact) mass is 558 g/mol. The molecule has 1 atom stereocenters. The molecule has 3 N–H and O–H groups in total. The average Bonchev–Trinajstić information content (AvgIpc) is 3.31. The second kappa shape index (κ2) is 12.9. The minimum Gasteiger partial charge on any atom is -0.435 e. The summed E-state index contributed by atoms with van der Waals surface area (Å²) in [5.41, 5.74) is 1.52. The van der Waals surface area contributed by atoms with E-state index in [4.69, 9.17) is 0 Å². The van der Waals surface area contributed by atoms with Crippen molar-refractivity contribution in [1.29, 1.82) is 0 Å². The summed E-state index contributed by atoms with van der Waals surface area (Å²) in [6, 6.07) is 11.5. The molecule has 0 saturated carbocycles. The number of nitrogens with one attached hydrogen (secondary N) is 2. The molecule has 0 saturated heterocycles. The van der Waals surface area contributed by atoms with Gasteiger partial charge in [-0.15, -0.1) is 24.0 Å². The molecule has 1 aromatic carbocycles. The molecule has 3 aromatic rings. The van der Waals surface area contributed by atoms with E-state index >= 15 is 0 Å². The highest BCUT2D eigenvalue weighted by atomic mass is 127. The van der Waals surface area contributed by atoms with Crippen molar-refractivity contribution in [2.45, 2.75) is 26.2 Å². The molecule has 3 rings (SSSR count). The minimum absolute atomic E-state index is 0. The number of nitrogens with zero attached hydrogens (tertiary/aromatic N) is 4. The largest absolute Gasteiger partial charge is 0.435 e. The van der Waals surface area contributed by atoms with Crippen molar-refractivity contribution in [3.05, 3.63) is 72.2 Å². The Hall–Kier alpha value is -2.80. The summed E-state index contributed by atoms with van der Waals surface area (Å²) in [5.74, 6) is 1.28. The van der Waals surface area contributed by atoms with E-state index in [-0.39, 0.29) is 36.3 Å². The number of guanidine groups is 1. The number of aliphatic imine (C=N–C) groups is 1. The molecule has 32 heavy (non-hydrogen) atoms. The number of benzene rings is 1. The fraction of sp³-hybridized carbons (Fsp3) is 0.286. The van der Waals surface area contributed by atoms with Gasteiger partial charge < -0.3 is 20.5 Å². The van der Waals surface area contributed by atoms with Crippen molar-refractivity contribution in [2.24, 2.45) is 4.99 Å². The first-order valence-electron chi connectivity index (χ1n) is 9.75. The highest BCUT2D eigenvalue weighted by Gasteiger charge is 2.10. The molecule has 172 valence electrons. The van der Waals surface area contributed by atoms with Crippen LogP contribution in [-0.4, -0.2) is 45.5 Å². The lowest BCUT2D eigenvalue weighted by Gasteiger charge is -2.16. The Morgan fingerprint density at radius 1 is 1.19 bits per heavy atom. The second-order valence-electron chi connectivity index (χ2n) is 6.51. The molecule has 0 aliphatic heterocycles. The van der Waals surface area contributed by atoms with E-state index in [1.54, 1.807) is 29.2 Å². The first kappa shape index (κ1) is 25.5. The highest BCUT2D eigenvalue weighted by molar-refractivity contribution is 14.0. The van der Waals surface area contributed by atoms with Gasteiger partial charge in [0.25, 0.3) is 0 Å². The maximum atomic E-state index is 12.2. The number of aliphatic hydroxyl groups is 1. The maximum absolute atomic E-state index is 12.2. The molecule has 0 spiro atoms. The smallest absolute Gasteiger partial charge is 0.387 e.